The number of alkyl halides is 1. The van der Waals surface area contributed by atoms with Crippen LogP contribution in [0.25, 0.3) is 33.8 Å². The maximum Gasteiger partial charge on any atom is 0.333 e. The number of hydrogen-bond donors (Lipinski definition) is 7. The number of fused-ring (bicyclic) bond motifs is 3. The molecule has 2 aliphatic carbocycles. The Balaban J connectivity index is 0.000000170. The Morgan fingerprint density at radius 1 is 0.824 bits per heavy atom. The highest BCUT2D eigenvalue weighted by atomic mass is 35.5. The number of aliphatic hydroxyl groups is 4. The van der Waals surface area contributed by atoms with Gasteiger partial charge in [0.2, 0.25) is 0 Å². The lowest BCUT2D eigenvalue weighted by Gasteiger charge is -2.38. The average Bonchev–Trinajstić information content (AvgIpc) is 4.14. The van der Waals surface area contributed by atoms with Crippen LogP contribution >= 0.6 is 11.6 Å². The largest absolute Gasteiger partial charge is 0.396 e. The number of benzene rings is 2. The van der Waals surface area contributed by atoms with Gasteiger partial charge in [-0.25, -0.2) is 15.1 Å². The quantitative estimate of drug-likeness (QED) is 0.0769. The van der Waals surface area contributed by atoms with Gasteiger partial charge in [0.05, 0.1) is 62.1 Å². The molecule has 4 aliphatic rings. The molecule has 0 radical (unpaired) electrons. The summed E-state index contributed by atoms with van der Waals surface area (Å²) in [4.78, 5) is 8.88. The van der Waals surface area contributed by atoms with Gasteiger partial charge in [0.1, 0.15) is 23.8 Å². The topological polar surface area (TPSA) is 262 Å². The summed E-state index contributed by atoms with van der Waals surface area (Å²) in [5.74, 6) is 0.395. The van der Waals surface area contributed by atoms with E-state index in [-0.39, 0.29) is 61.7 Å². The highest BCUT2D eigenvalue weighted by Gasteiger charge is 2.54. The van der Waals surface area contributed by atoms with Crippen LogP contribution < -0.4 is 15.8 Å². The van der Waals surface area contributed by atoms with Crippen LogP contribution in [0.5, 0.6) is 0 Å². The predicted molar refractivity (Wildman–Crippen MR) is 253 cm³/mol. The van der Waals surface area contributed by atoms with Gasteiger partial charge in [-0.3, -0.25) is 4.18 Å². The number of aromatic nitrogens is 6. The summed E-state index contributed by atoms with van der Waals surface area (Å²) in [6.45, 7) is 9.10. The lowest BCUT2D eigenvalue weighted by Crippen LogP contribution is -2.43. The molecule has 2 aliphatic heterocycles. The fourth-order valence-electron chi connectivity index (χ4n) is 9.59. The summed E-state index contributed by atoms with van der Waals surface area (Å²) in [6, 6.07) is 23.0. The van der Waals surface area contributed by atoms with Crippen LogP contribution in [0.15, 0.2) is 85.2 Å². The normalized spacial score (nSPS) is 27.0. The molecule has 9 atom stereocenters. The van der Waals surface area contributed by atoms with E-state index in [0.29, 0.717) is 17.2 Å². The monoisotopic (exact) mass is 975 g/mol. The van der Waals surface area contributed by atoms with Gasteiger partial charge in [-0.1, -0.05) is 50.2 Å². The third-order valence-electron chi connectivity index (χ3n) is 13.6. The minimum Gasteiger partial charge on any atom is -0.396 e. The first kappa shape index (κ1) is 48.2. The smallest absolute Gasteiger partial charge is 0.333 e. The SMILES string of the molecule is CC(CO)(CCl)c1cccc(-c2cc3nccc(N[C@@H]4C[C@H](COS(N)(=O)=O)[C@@H](O)[C@H]4O)n3n2)c1.CC1(C)O[C@@H]2[C@@H](CO)C[C@@H](Nc3ccnc4cc(-c5cccc(C6(C)COC6)c5)nn34)[C@@H]2O1. The fraction of sp³-hybridized carbons (Fsp3) is 0.489. The molecule has 2 saturated carbocycles. The number of ether oxygens (including phenoxy) is 3. The number of aliphatic hydroxyl groups excluding tert-OH is 4. The van der Waals surface area contributed by atoms with Crippen LogP contribution in [0.1, 0.15) is 51.7 Å². The third-order valence-corrected chi connectivity index (χ3v) is 14.7. The number of anilines is 2. The van der Waals surface area contributed by atoms with E-state index in [2.05, 4.69) is 61.1 Å². The summed E-state index contributed by atoms with van der Waals surface area (Å²) in [6.07, 6.45) is 1.80. The van der Waals surface area contributed by atoms with Crippen molar-refractivity contribution >= 4 is 44.8 Å². The molecule has 21 heteroatoms. The Kier molecular flexibility index (Phi) is 13.3. The van der Waals surface area contributed by atoms with E-state index in [9.17, 15) is 28.8 Å². The van der Waals surface area contributed by atoms with E-state index in [1.807, 2.05) is 67.8 Å². The van der Waals surface area contributed by atoms with Crippen molar-refractivity contribution < 1.29 is 47.2 Å². The molecule has 0 bridgehead atoms. The van der Waals surface area contributed by atoms with Crippen LogP contribution in [0, 0.1) is 11.8 Å². The molecule has 0 spiro atoms. The molecule has 6 aromatic rings. The highest BCUT2D eigenvalue weighted by molar-refractivity contribution is 7.84. The van der Waals surface area contributed by atoms with Crippen LogP contribution in [0.2, 0.25) is 0 Å². The minimum atomic E-state index is -4.15. The Labute approximate surface area is 398 Å². The molecule has 2 saturated heterocycles. The van der Waals surface area contributed by atoms with Crippen molar-refractivity contribution in [2.24, 2.45) is 17.0 Å². The summed E-state index contributed by atoms with van der Waals surface area (Å²) in [7, 11) is -4.15. The molecule has 68 heavy (non-hydrogen) atoms. The van der Waals surface area contributed by atoms with Gasteiger partial charge in [-0.2, -0.15) is 27.6 Å². The molecule has 6 heterocycles. The molecule has 0 amide bonds. The van der Waals surface area contributed by atoms with E-state index in [0.717, 1.165) is 53.5 Å². The first-order valence-electron chi connectivity index (χ1n) is 22.6. The van der Waals surface area contributed by atoms with Crippen molar-refractivity contribution in [3.63, 3.8) is 0 Å². The first-order valence-corrected chi connectivity index (χ1v) is 24.6. The molecule has 4 aromatic heterocycles. The number of nitrogens with one attached hydrogen (secondary N) is 2. The second-order valence-corrected chi connectivity index (χ2v) is 20.8. The van der Waals surface area contributed by atoms with Crippen molar-refractivity contribution in [2.45, 2.75) is 93.7 Å². The van der Waals surface area contributed by atoms with E-state index in [1.54, 1.807) is 23.0 Å². The van der Waals surface area contributed by atoms with Gasteiger partial charge >= 0.3 is 10.3 Å². The van der Waals surface area contributed by atoms with E-state index < -0.39 is 45.7 Å². The Morgan fingerprint density at radius 3 is 1.99 bits per heavy atom. The highest BCUT2D eigenvalue weighted by Crippen LogP contribution is 2.43. The lowest BCUT2D eigenvalue weighted by atomic mass is 9.80. The second-order valence-electron chi connectivity index (χ2n) is 19.3. The maximum absolute atomic E-state index is 11.1. The number of nitrogens with two attached hydrogens (primary N) is 1. The molecule has 19 nitrogen and oxygen atoms in total. The van der Waals surface area contributed by atoms with E-state index in [1.165, 1.54) is 5.56 Å². The van der Waals surface area contributed by atoms with Gasteiger partial charge in [-0.15, -0.1) is 11.6 Å². The Hall–Kier alpha value is -4.84. The summed E-state index contributed by atoms with van der Waals surface area (Å²) in [5, 5.41) is 61.7. The van der Waals surface area contributed by atoms with Crippen LogP contribution in [0.3, 0.4) is 0 Å². The van der Waals surface area contributed by atoms with Gasteiger partial charge in [0.25, 0.3) is 0 Å². The van der Waals surface area contributed by atoms with Crippen LogP contribution in [0.4, 0.5) is 11.6 Å². The van der Waals surface area contributed by atoms with Gasteiger partial charge in [-0.05, 0) is 62.1 Å². The first-order chi connectivity index (χ1) is 32.4. The second kappa shape index (κ2) is 18.8. The zero-order valence-electron chi connectivity index (χ0n) is 38.1. The summed E-state index contributed by atoms with van der Waals surface area (Å²) in [5.41, 5.74) is 6.36. The number of halogens is 1. The van der Waals surface area contributed by atoms with Crippen molar-refractivity contribution in [3.8, 4) is 22.5 Å². The maximum atomic E-state index is 11.1. The van der Waals surface area contributed by atoms with E-state index in [4.69, 9.17) is 36.0 Å². The molecule has 1 unspecified atom stereocenters. The Bertz CT molecular complexity index is 2870. The predicted octanol–water partition coefficient (Wildman–Crippen LogP) is 3.62. The molecule has 364 valence electrons. The van der Waals surface area contributed by atoms with Crippen molar-refractivity contribution in [3.05, 3.63) is 96.3 Å². The van der Waals surface area contributed by atoms with Crippen LogP contribution in [-0.2, 0) is 39.5 Å². The van der Waals surface area contributed by atoms with Crippen LogP contribution in [-0.4, -0.2) is 139 Å². The summed E-state index contributed by atoms with van der Waals surface area (Å²) < 4.78 is 47.9. The van der Waals surface area contributed by atoms with Crippen molar-refractivity contribution in [2.75, 3.05) is 49.5 Å². The number of hydrogen-bond acceptors (Lipinski definition) is 16. The average molecular weight is 977 g/mol. The van der Waals surface area contributed by atoms with E-state index >= 15 is 0 Å². The number of rotatable bonds is 14. The standard InChI is InChI=1S/C25H30N4O4.C22H28ClN5O6S/c1-24(2)32-22-16(12-30)10-19(23(22)33-24)27-20-7-8-26-21-11-18(28-29(20)21)15-5-4-6-17(9-15)25(3)13-31-14-25;1-22(11-23,12-29)15-4-2-3-13(7-15)16-9-19-25-6-5-18(28(19)27-16)26-17-8-14(20(30)21(17)31)10-34-35(24,32)33/h4-9,11,16,19,22-23,27,30H,10,12-14H2,1-3H3;2-7,9,14,17,20-21,26,29-31H,8,10-12H2,1H3,(H2,24,32,33)/t16-,19-,22-,23+;14-,17-,20-,21+,22?/m11/s1. The lowest BCUT2D eigenvalue weighted by molar-refractivity contribution is -0.158. The zero-order valence-corrected chi connectivity index (χ0v) is 39.7. The molecule has 10 rings (SSSR count). The molecular formula is C47H58ClN9O10S. The molecule has 8 N–H and O–H groups in total. The van der Waals surface area contributed by atoms with Gasteiger partial charge in [0.15, 0.2) is 17.1 Å². The minimum absolute atomic E-state index is 0.00840. The van der Waals surface area contributed by atoms with Gasteiger partial charge < -0.3 is 45.3 Å². The number of nitrogens with zero attached hydrogens (tertiary/aromatic N) is 6. The zero-order chi connectivity index (χ0) is 48.2. The summed E-state index contributed by atoms with van der Waals surface area (Å²) >= 11 is 6.10. The van der Waals surface area contributed by atoms with Crippen molar-refractivity contribution in [1.82, 2.24) is 29.2 Å². The van der Waals surface area contributed by atoms with Gasteiger partial charge in [0, 0.05) is 70.8 Å². The molecular weight excluding hydrogens is 918 g/mol. The molecule has 2 aromatic carbocycles. The fourth-order valence-corrected chi connectivity index (χ4v) is 10.2. The molecule has 4 fully saturated rings. The van der Waals surface area contributed by atoms with Crippen molar-refractivity contribution in [1.29, 1.82) is 0 Å². The Morgan fingerprint density at radius 2 is 1.41 bits per heavy atom. The third kappa shape index (κ3) is 9.69.